The predicted octanol–water partition coefficient (Wildman–Crippen LogP) is 2.74. The first-order chi connectivity index (χ1) is 9.74. The number of hydrogen-bond acceptors (Lipinski definition) is 2. The number of amides is 1. The molecule has 0 radical (unpaired) electrons. The quantitative estimate of drug-likeness (QED) is 0.927. The second-order valence-corrected chi connectivity index (χ2v) is 5.85. The Balaban J connectivity index is 0.00000161. The molecule has 2 fully saturated rings. The molecule has 3 nitrogen and oxygen atoms in total. The Labute approximate surface area is 131 Å². The van der Waals surface area contributed by atoms with E-state index >= 15 is 0 Å². The molecule has 0 bridgehead atoms. The van der Waals surface area contributed by atoms with Gasteiger partial charge in [-0.05, 0) is 56.5 Å². The largest absolute Gasteiger partial charge is 0.335 e. The van der Waals surface area contributed by atoms with Crippen molar-refractivity contribution in [1.82, 2.24) is 10.2 Å². The lowest BCUT2D eigenvalue weighted by molar-refractivity contribution is -0.137. The predicted molar refractivity (Wildman–Crippen MR) is 82.8 cm³/mol. The monoisotopic (exact) mass is 312 g/mol. The average Bonchev–Trinajstić information content (AvgIpc) is 3.31. The van der Waals surface area contributed by atoms with Crippen LogP contribution in [-0.4, -0.2) is 29.9 Å². The maximum absolute atomic E-state index is 13.0. The van der Waals surface area contributed by atoms with E-state index in [4.69, 9.17) is 0 Å². The number of rotatable bonds is 4. The first-order valence-corrected chi connectivity index (χ1v) is 7.49. The lowest BCUT2D eigenvalue weighted by Crippen LogP contribution is -2.41. The summed E-state index contributed by atoms with van der Waals surface area (Å²) in [6.07, 6.45) is 4.09. The zero-order valence-electron chi connectivity index (χ0n) is 12.1. The average molecular weight is 313 g/mol. The molecule has 116 valence electrons. The van der Waals surface area contributed by atoms with Gasteiger partial charge in [-0.3, -0.25) is 4.79 Å². The number of nitrogens with zero attached hydrogens (tertiary/aromatic N) is 1. The zero-order valence-corrected chi connectivity index (χ0v) is 12.9. The van der Waals surface area contributed by atoms with E-state index in [1.165, 1.54) is 12.1 Å². The third-order valence-corrected chi connectivity index (χ3v) is 4.23. The molecule has 21 heavy (non-hydrogen) atoms. The van der Waals surface area contributed by atoms with Crippen molar-refractivity contribution in [3.63, 3.8) is 0 Å². The second-order valence-electron chi connectivity index (χ2n) is 5.85. The van der Waals surface area contributed by atoms with Crippen molar-refractivity contribution in [1.29, 1.82) is 0 Å². The molecule has 0 unspecified atom stereocenters. The molecule has 0 aromatic heterocycles. The first-order valence-electron chi connectivity index (χ1n) is 7.49. The molecule has 1 N–H and O–H groups in total. The Morgan fingerprint density at radius 1 is 1.14 bits per heavy atom. The van der Waals surface area contributed by atoms with Gasteiger partial charge in [0.25, 0.3) is 0 Å². The summed E-state index contributed by atoms with van der Waals surface area (Å²) in [5, 5.41) is 3.30. The number of carbonyl (C=O) groups is 1. The fraction of sp³-hybridized carbons (Fsp3) is 0.562. The van der Waals surface area contributed by atoms with E-state index in [1.807, 2.05) is 4.90 Å². The van der Waals surface area contributed by atoms with Crippen LogP contribution in [-0.2, 0) is 11.3 Å². The standard InChI is InChI=1S/C16H21FN2O.ClH/c17-14-3-1-12(2-4-14)11-19(15-5-6-15)16(20)13-7-9-18-10-8-13;/h1-4,13,15,18H,5-11H2;1H. The number of halogens is 2. The fourth-order valence-electron chi connectivity index (χ4n) is 2.86. The van der Waals surface area contributed by atoms with Gasteiger partial charge in [-0.15, -0.1) is 12.4 Å². The van der Waals surface area contributed by atoms with Gasteiger partial charge in [-0.1, -0.05) is 12.1 Å². The molecule has 1 saturated heterocycles. The summed E-state index contributed by atoms with van der Waals surface area (Å²) < 4.78 is 13.0. The lowest BCUT2D eigenvalue weighted by Gasteiger charge is -2.30. The molecular formula is C16H22ClFN2O. The molecule has 2 aliphatic rings. The molecule has 3 rings (SSSR count). The van der Waals surface area contributed by atoms with Crippen LogP contribution in [0.3, 0.4) is 0 Å². The lowest BCUT2D eigenvalue weighted by atomic mass is 9.96. The molecular weight excluding hydrogens is 291 g/mol. The van der Waals surface area contributed by atoms with Gasteiger partial charge in [0, 0.05) is 18.5 Å². The molecule has 1 amide bonds. The highest BCUT2D eigenvalue weighted by atomic mass is 35.5. The maximum atomic E-state index is 13.0. The topological polar surface area (TPSA) is 32.3 Å². The molecule has 1 aromatic carbocycles. The molecule has 5 heteroatoms. The first kappa shape index (κ1) is 16.2. The molecule has 0 spiro atoms. The smallest absolute Gasteiger partial charge is 0.226 e. The number of carbonyl (C=O) groups excluding carboxylic acids is 1. The number of piperidine rings is 1. The summed E-state index contributed by atoms with van der Waals surface area (Å²) in [5.74, 6) is 0.229. The van der Waals surface area contributed by atoms with Crippen LogP contribution in [0.15, 0.2) is 24.3 Å². The minimum Gasteiger partial charge on any atom is -0.335 e. The van der Waals surface area contributed by atoms with Crippen LogP contribution in [0.25, 0.3) is 0 Å². The molecule has 1 saturated carbocycles. The van der Waals surface area contributed by atoms with E-state index in [0.717, 1.165) is 44.3 Å². The Hall–Kier alpha value is -1.13. The van der Waals surface area contributed by atoms with Crippen LogP contribution in [0.4, 0.5) is 4.39 Å². The maximum Gasteiger partial charge on any atom is 0.226 e. The summed E-state index contributed by atoms with van der Waals surface area (Å²) in [7, 11) is 0. The van der Waals surface area contributed by atoms with Crippen molar-refractivity contribution in [3.8, 4) is 0 Å². The SMILES string of the molecule is Cl.O=C(C1CCNCC1)N(Cc1ccc(F)cc1)C1CC1. The summed E-state index contributed by atoms with van der Waals surface area (Å²) in [5.41, 5.74) is 1.01. The van der Waals surface area contributed by atoms with E-state index in [0.29, 0.717) is 18.5 Å². The molecule has 0 atom stereocenters. The van der Waals surface area contributed by atoms with Crippen molar-refractivity contribution in [3.05, 3.63) is 35.6 Å². The Kier molecular flexibility index (Phi) is 5.59. The molecule has 1 aliphatic heterocycles. The van der Waals surface area contributed by atoms with Gasteiger partial charge in [0.2, 0.25) is 5.91 Å². The highest BCUT2D eigenvalue weighted by Crippen LogP contribution is 2.31. The zero-order chi connectivity index (χ0) is 13.9. The van der Waals surface area contributed by atoms with Crippen LogP contribution in [0, 0.1) is 11.7 Å². The van der Waals surface area contributed by atoms with Gasteiger partial charge in [0.15, 0.2) is 0 Å². The minimum absolute atomic E-state index is 0. The highest BCUT2D eigenvalue weighted by Gasteiger charge is 2.36. The minimum atomic E-state index is -0.226. The van der Waals surface area contributed by atoms with E-state index in [9.17, 15) is 9.18 Å². The Bertz CT molecular complexity index is 470. The van der Waals surface area contributed by atoms with Crippen molar-refractivity contribution in [2.75, 3.05) is 13.1 Å². The second kappa shape index (κ2) is 7.23. The Morgan fingerprint density at radius 3 is 2.33 bits per heavy atom. The molecule has 1 aromatic rings. The molecule has 1 heterocycles. The van der Waals surface area contributed by atoms with Crippen molar-refractivity contribution >= 4 is 18.3 Å². The number of nitrogens with one attached hydrogen (secondary N) is 1. The Morgan fingerprint density at radius 2 is 1.76 bits per heavy atom. The summed E-state index contributed by atoms with van der Waals surface area (Å²) >= 11 is 0. The summed E-state index contributed by atoms with van der Waals surface area (Å²) in [6.45, 7) is 2.49. The number of hydrogen-bond donors (Lipinski definition) is 1. The van der Waals surface area contributed by atoms with E-state index in [2.05, 4.69) is 5.32 Å². The summed E-state index contributed by atoms with van der Waals surface area (Å²) in [6, 6.07) is 6.90. The van der Waals surface area contributed by atoms with E-state index in [1.54, 1.807) is 12.1 Å². The van der Waals surface area contributed by atoms with Gasteiger partial charge in [0.1, 0.15) is 5.82 Å². The van der Waals surface area contributed by atoms with Crippen LogP contribution < -0.4 is 5.32 Å². The van der Waals surface area contributed by atoms with Gasteiger partial charge >= 0.3 is 0 Å². The van der Waals surface area contributed by atoms with Crippen LogP contribution in [0.1, 0.15) is 31.2 Å². The van der Waals surface area contributed by atoms with Gasteiger partial charge in [-0.2, -0.15) is 0 Å². The highest BCUT2D eigenvalue weighted by molar-refractivity contribution is 5.85. The van der Waals surface area contributed by atoms with E-state index in [-0.39, 0.29) is 24.1 Å². The van der Waals surface area contributed by atoms with Crippen LogP contribution in [0.5, 0.6) is 0 Å². The van der Waals surface area contributed by atoms with Gasteiger partial charge in [-0.25, -0.2) is 4.39 Å². The van der Waals surface area contributed by atoms with Crippen molar-refractivity contribution < 1.29 is 9.18 Å². The van der Waals surface area contributed by atoms with Gasteiger partial charge in [0.05, 0.1) is 0 Å². The normalized spacial score (nSPS) is 18.9. The molecule has 1 aliphatic carbocycles. The van der Waals surface area contributed by atoms with Crippen LogP contribution in [0.2, 0.25) is 0 Å². The van der Waals surface area contributed by atoms with Crippen molar-refractivity contribution in [2.45, 2.75) is 38.3 Å². The number of benzene rings is 1. The summed E-state index contributed by atoms with van der Waals surface area (Å²) in [4.78, 5) is 14.7. The fourth-order valence-corrected chi connectivity index (χ4v) is 2.86. The third kappa shape index (κ3) is 4.17. The van der Waals surface area contributed by atoms with Gasteiger partial charge < -0.3 is 10.2 Å². The third-order valence-electron chi connectivity index (χ3n) is 4.23. The van der Waals surface area contributed by atoms with Crippen molar-refractivity contribution in [2.24, 2.45) is 5.92 Å². The van der Waals surface area contributed by atoms with E-state index < -0.39 is 0 Å². The van der Waals surface area contributed by atoms with Crippen LogP contribution >= 0.6 is 12.4 Å².